The summed E-state index contributed by atoms with van der Waals surface area (Å²) in [5.74, 6) is 0.678. The number of sulfone groups is 1. The number of benzene rings is 2. The Balaban J connectivity index is 2.39. The highest BCUT2D eigenvalue weighted by Gasteiger charge is 2.26. The number of nitro benzene ring substituents is 1. The maximum absolute atomic E-state index is 11.9. The minimum absolute atomic E-state index is 0.144. The average molecular weight is 392 g/mol. The molecule has 0 spiro atoms. The summed E-state index contributed by atoms with van der Waals surface area (Å²) in [7, 11) is -3.73. The van der Waals surface area contributed by atoms with Crippen LogP contribution in [0.25, 0.3) is 0 Å². The molecule has 0 bridgehead atoms. The highest BCUT2D eigenvalue weighted by Crippen LogP contribution is 2.33. The fourth-order valence-corrected chi connectivity index (χ4v) is 3.44. The average Bonchev–Trinajstić information content (AvgIpc) is 2.51. The lowest BCUT2D eigenvalue weighted by molar-refractivity contribution is -0.386. The fourth-order valence-electron chi connectivity index (χ4n) is 2.58. The number of nitro groups is 1. The third kappa shape index (κ3) is 5.43. The Morgan fingerprint density at radius 2 is 1.85 bits per heavy atom. The van der Waals surface area contributed by atoms with Gasteiger partial charge in [0.25, 0.3) is 0 Å². The molecule has 27 heavy (non-hydrogen) atoms. The van der Waals surface area contributed by atoms with E-state index in [1.807, 2.05) is 45.9 Å². The summed E-state index contributed by atoms with van der Waals surface area (Å²) < 4.78 is 29.7. The van der Waals surface area contributed by atoms with Gasteiger partial charge in [-0.3, -0.25) is 10.1 Å². The fraction of sp³-hybridized carbons (Fsp3) is 0.368. The van der Waals surface area contributed by atoms with Crippen LogP contribution in [-0.4, -0.2) is 25.2 Å². The van der Waals surface area contributed by atoms with E-state index in [1.54, 1.807) is 0 Å². The summed E-state index contributed by atoms with van der Waals surface area (Å²) in [6.45, 7) is 8.01. The predicted molar refractivity (Wildman–Crippen MR) is 105 cm³/mol. The number of hydrogen-bond donors (Lipinski definition) is 1. The zero-order valence-corrected chi connectivity index (χ0v) is 16.9. The van der Waals surface area contributed by atoms with Gasteiger partial charge < -0.3 is 10.1 Å². The van der Waals surface area contributed by atoms with E-state index in [-0.39, 0.29) is 17.1 Å². The molecule has 0 amide bonds. The second kappa shape index (κ2) is 7.56. The van der Waals surface area contributed by atoms with E-state index in [0.717, 1.165) is 17.4 Å². The Morgan fingerprint density at radius 1 is 1.19 bits per heavy atom. The van der Waals surface area contributed by atoms with Gasteiger partial charge in [0, 0.05) is 18.4 Å². The molecule has 0 atom stereocenters. The molecule has 0 aromatic heterocycles. The summed E-state index contributed by atoms with van der Waals surface area (Å²) >= 11 is 0. The molecule has 0 heterocycles. The minimum Gasteiger partial charge on any atom is -0.488 e. The van der Waals surface area contributed by atoms with Gasteiger partial charge in [-0.2, -0.15) is 0 Å². The standard InChI is InChI=1S/C19H24N2O5S/c1-13-9-10-14(16(11-13)26-19(2,3)4)12-20-15-7-6-8-17(27(5,24)25)18(15)21(22)23/h6-11,20H,12H2,1-5H3. The van der Waals surface area contributed by atoms with Crippen molar-refractivity contribution >= 4 is 21.2 Å². The molecule has 0 aliphatic carbocycles. The maximum atomic E-state index is 11.9. The van der Waals surface area contributed by atoms with E-state index in [1.165, 1.54) is 18.2 Å². The number of nitrogens with one attached hydrogen (secondary N) is 1. The highest BCUT2D eigenvalue weighted by atomic mass is 32.2. The lowest BCUT2D eigenvalue weighted by Gasteiger charge is -2.24. The molecule has 0 aliphatic heterocycles. The molecule has 7 nitrogen and oxygen atoms in total. The molecule has 2 aromatic carbocycles. The molecular weight excluding hydrogens is 368 g/mol. The van der Waals surface area contributed by atoms with Crippen LogP contribution in [0.4, 0.5) is 11.4 Å². The molecule has 0 unspecified atom stereocenters. The van der Waals surface area contributed by atoms with Crippen LogP contribution in [0, 0.1) is 17.0 Å². The zero-order chi connectivity index (χ0) is 20.4. The van der Waals surface area contributed by atoms with Crippen molar-refractivity contribution in [3.05, 3.63) is 57.6 Å². The number of anilines is 1. The Morgan fingerprint density at radius 3 is 2.41 bits per heavy atom. The van der Waals surface area contributed by atoms with Crippen molar-refractivity contribution in [1.82, 2.24) is 0 Å². The monoisotopic (exact) mass is 392 g/mol. The number of hydrogen-bond acceptors (Lipinski definition) is 6. The topological polar surface area (TPSA) is 98.5 Å². The molecule has 2 rings (SSSR count). The van der Waals surface area contributed by atoms with E-state index in [4.69, 9.17) is 4.74 Å². The molecule has 8 heteroatoms. The second-order valence-electron chi connectivity index (χ2n) is 7.36. The van der Waals surface area contributed by atoms with E-state index >= 15 is 0 Å². The lowest BCUT2D eigenvalue weighted by atomic mass is 10.1. The van der Waals surface area contributed by atoms with Gasteiger partial charge in [-0.05, 0) is 51.5 Å². The molecule has 0 aliphatic rings. The first-order chi connectivity index (χ1) is 12.4. The van der Waals surface area contributed by atoms with Crippen LogP contribution < -0.4 is 10.1 Å². The van der Waals surface area contributed by atoms with Gasteiger partial charge in [0.1, 0.15) is 21.9 Å². The molecule has 0 radical (unpaired) electrons. The summed E-state index contributed by atoms with van der Waals surface area (Å²) in [5, 5.41) is 14.5. The normalized spacial score (nSPS) is 11.9. The Bertz CT molecular complexity index is 963. The third-order valence-corrected chi connectivity index (χ3v) is 4.82. The summed E-state index contributed by atoms with van der Waals surface area (Å²) in [6, 6.07) is 9.92. The van der Waals surface area contributed by atoms with Crippen molar-refractivity contribution < 1.29 is 18.1 Å². The van der Waals surface area contributed by atoms with Crippen molar-refractivity contribution in [1.29, 1.82) is 0 Å². The van der Waals surface area contributed by atoms with Gasteiger partial charge in [-0.25, -0.2) is 8.42 Å². The SMILES string of the molecule is Cc1ccc(CNc2cccc(S(C)(=O)=O)c2[N+](=O)[O-])c(OC(C)(C)C)c1. The summed E-state index contributed by atoms with van der Waals surface area (Å²) in [5.41, 5.74) is 1.14. The molecule has 146 valence electrons. The van der Waals surface area contributed by atoms with Crippen LogP contribution in [0.1, 0.15) is 31.9 Å². The number of nitrogens with zero attached hydrogens (tertiary/aromatic N) is 1. The summed E-state index contributed by atoms with van der Waals surface area (Å²) in [6.07, 6.45) is 0.953. The van der Waals surface area contributed by atoms with Gasteiger partial charge >= 0.3 is 5.69 Å². The van der Waals surface area contributed by atoms with Crippen molar-refractivity contribution in [2.75, 3.05) is 11.6 Å². The predicted octanol–water partition coefficient (Wildman–Crippen LogP) is 4.10. The smallest absolute Gasteiger partial charge is 0.310 e. The van der Waals surface area contributed by atoms with Gasteiger partial charge in [0.2, 0.25) is 0 Å². The number of aryl methyl sites for hydroxylation is 1. The van der Waals surface area contributed by atoms with Crippen molar-refractivity contribution in [3.63, 3.8) is 0 Å². The quantitative estimate of drug-likeness (QED) is 0.587. The van der Waals surface area contributed by atoms with Gasteiger partial charge in [0.15, 0.2) is 9.84 Å². The lowest BCUT2D eigenvalue weighted by Crippen LogP contribution is -2.24. The molecule has 1 N–H and O–H groups in total. The molecule has 0 saturated heterocycles. The van der Waals surface area contributed by atoms with Crippen LogP contribution >= 0.6 is 0 Å². The molecule has 0 saturated carbocycles. The zero-order valence-electron chi connectivity index (χ0n) is 16.1. The van der Waals surface area contributed by atoms with Crippen LogP contribution in [0.2, 0.25) is 0 Å². The van der Waals surface area contributed by atoms with Crippen molar-refractivity contribution in [2.45, 2.75) is 44.7 Å². The Hall–Kier alpha value is -2.61. The van der Waals surface area contributed by atoms with Crippen LogP contribution in [-0.2, 0) is 16.4 Å². The third-order valence-electron chi connectivity index (χ3n) is 3.69. The number of ether oxygens (including phenoxy) is 1. The Labute approximate surface area is 159 Å². The van der Waals surface area contributed by atoms with Gasteiger partial charge in [-0.1, -0.05) is 18.2 Å². The van der Waals surface area contributed by atoms with Crippen LogP contribution in [0.3, 0.4) is 0 Å². The van der Waals surface area contributed by atoms with Crippen LogP contribution in [0.5, 0.6) is 5.75 Å². The minimum atomic E-state index is -3.73. The van der Waals surface area contributed by atoms with E-state index in [2.05, 4.69) is 5.32 Å². The molecular formula is C19H24N2O5S. The second-order valence-corrected chi connectivity index (χ2v) is 9.34. The highest BCUT2D eigenvalue weighted by molar-refractivity contribution is 7.90. The maximum Gasteiger partial charge on any atom is 0.310 e. The first-order valence-electron chi connectivity index (χ1n) is 8.38. The van der Waals surface area contributed by atoms with Crippen molar-refractivity contribution in [3.8, 4) is 5.75 Å². The van der Waals surface area contributed by atoms with Crippen molar-refractivity contribution in [2.24, 2.45) is 0 Å². The first kappa shape index (κ1) is 20.7. The largest absolute Gasteiger partial charge is 0.488 e. The summed E-state index contributed by atoms with van der Waals surface area (Å²) in [4.78, 5) is 10.5. The van der Waals surface area contributed by atoms with E-state index < -0.39 is 26.0 Å². The number of rotatable bonds is 6. The first-order valence-corrected chi connectivity index (χ1v) is 10.3. The van der Waals surface area contributed by atoms with E-state index in [0.29, 0.717) is 5.75 Å². The molecule has 0 fully saturated rings. The van der Waals surface area contributed by atoms with Gasteiger partial charge in [0.05, 0.1) is 4.92 Å². The molecule has 2 aromatic rings. The number of para-hydroxylation sites is 1. The van der Waals surface area contributed by atoms with Crippen LogP contribution in [0.15, 0.2) is 41.3 Å². The van der Waals surface area contributed by atoms with E-state index in [9.17, 15) is 18.5 Å². The van der Waals surface area contributed by atoms with Gasteiger partial charge in [-0.15, -0.1) is 0 Å². The Kier molecular flexibility index (Phi) is 5.79.